The molecule has 8 heteroatoms. The van der Waals surface area contributed by atoms with E-state index >= 15 is 0 Å². The van der Waals surface area contributed by atoms with Crippen LogP contribution in [0.25, 0.3) is 0 Å². The molecule has 3 saturated heterocycles. The lowest BCUT2D eigenvalue weighted by Gasteiger charge is -2.17. The summed E-state index contributed by atoms with van der Waals surface area (Å²) in [5.74, 6) is -1.09. The number of hydrogen-bond acceptors (Lipinski definition) is 7. The van der Waals surface area contributed by atoms with E-state index in [0.29, 0.717) is 18.3 Å². The number of fused-ring (bicyclic) bond motifs is 1. The molecule has 0 aromatic rings. The fraction of sp³-hybridized carbons (Fsp3) is 0.727. The van der Waals surface area contributed by atoms with Crippen molar-refractivity contribution in [3.8, 4) is 0 Å². The molecule has 3 rings (SSSR count). The van der Waals surface area contributed by atoms with Crippen LogP contribution >= 0.6 is 0 Å². The Morgan fingerprint density at radius 3 is 2.63 bits per heavy atom. The SMILES string of the molecule is O=C(O[C@H]1CO[C@H]2COC[C@H]21)ON1C(=O)CCC1=O. The molecular weight excluding hydrogens is 258 g/mol. The van der Waals surface area contributed by atoms with Crippen LogP contribution in [0.2, 0.25) is 0 Å². The summed E-state index contributed by atoms with van der Waals surface area (Å²) in [7, 11) is 0. The molecule has 3 atom stereocenters. The fourth-order valence-corrected chi connectivity index (χ4v) is 2.41. The standard InChI is InChI=1S/C11H13NO7/c13-9-1-2-10(14)12(9)19-11(15)18-8-5-17-7-4-16-3-6(7)8/h6-8H,1-5H2/t6-,7+,8+/m1/s1. The van der Waals surface area contributed by atoms with E-state index in [1.165, 1.54) is 0 Å². The minimum Gasteiger partial charge on any atom is -0.426 e. The number of amides is 2. The lowest BCUT2D eigenvalue weighted by Crippen LogP contribution is -2.35. The van der Waals surface area contributed by atoms with Crippen LogP contribution in [-0.2, 0) is 28.6 Å². The minimum absolute atomic E-state index is 0.0162. The Morgan fingerprint density at radius 2 is 1.89 bits per heavy atom. The van der Waals surface area contributed by atoms with Gasteiger partial charge in [0, 0.05) is 12.8 Å². The van der Waals surface area contributed by atoms with Crippen LogP contribution < -0.4 is 0 Å². The molecule has 104 valence electrons. The number of imide groups is 1. The summed E-state index contributed by atoms with van der Waals surface area (Å²) in [6.45, 7) is 1.22. The van der Waals surface area contributed by atoms with Crippen molar-refractivity contribution in [2.75, 3.05) is 19.8 Å². The highest BCUT2D eigenvalue weighted by molar-refractivity contribution is 6.01. The molecule has 0 aromatic carbocycles. The van der Waals surface area contributed by atoms with Crippen molar-refractivity contribution in [2.45, 2.75) is 25.0 Å². The van der Waals surface area contributed by atoms with Crippen LogP contribution in [0.3, 0.4) is 0 Å². The first kappa shape index (κ1) is 12.4. The number of ether oxygens (including phenoxy) is 3. The van der Waals surface area contributed by atoms with Gasteiger partial charge in [-0.15, -0.1) is 0 Å². The van der Waals surface area contributed by atoms with E-state index in [2.05, 4.69) is 4.84 Å². The first-order chi connectivity index (χ1) is 9.15. The Balaban J connectivity index is 1.54. The number of carbonyl (C=O) groups is 3. The molecule has 0 unspecified atom stereocenters. The van der Waals surface area contributed by atoms with Gasteiger partial charge in [-0.2, -0.15) is 0 Å². The zero-order valence-corrected chi connectivity index (χ0v) is 10.1. The van der Waals surface area contributed by atoms with Crippen LogP contribution in [0.15, 0.2) is 0 Å². The highest BCUT2D eigenvalue weighted by atomic mass is 16.8. The van der Waals surface area contributed by atoms with Gasteiger partial charge in [-0.1, -0.05) is 5.06 Å². The lowest BCUT2D eigenvalue weighted by molar-refractivity contribution is -0.179. The second-order valence-electron chi connectivity index (χ2n) is 4.65. The number of hydroxylamine groups is 2. The van der Waals surface area contributed by atoms with Crippen molar-refractivity contribution in [3.05, 3.63) is 0 Å². The monoisotopic (exact) mass is 271 g/mol. The van der Waals surface area contributed by atoms with Gasteiger partial charge in [0.1, 0.15) is 6.10 Å². The number of hydrogen-bond donors (Lipinski definition) is 0. The van der Waals surface area contributed by atoms with Crippen LogP contribution in [0.5, 0.6) is 0 Å². The summed E-state index contributed by atoms with van der Waals surface area (Å²) in [6.07, 6.45) is -1.49. The third-order valence-electron chi connectivity index (χ3n) is 3.44. The molecule has 19 heavy (non-hydrogen) atoms. The number of nitrogens with zero attached hydrogens (tertiary/aromatic N) is 1. The summed E-state index contributed by atoms with van der Waals surface area (Å²) in [6, 6.07) is 0. The molecule has 0 N–H and O–H groups in total. The van der Waals surface area contributed by atoms with Crippen LogP contribution in [0.1, 0.15) is 12.8 Å². The quantitative estimate of drug-likeness (QED) is 0.499. The molecule has 3 fully saturated rings. The molecule has 0 saturated carbocycles. The second kappa shape index (κ2) is 4.78. The van der Waals surface area contributed by atoms with Gasteiger partial charge in [-0.3, -0.25) is 14.4 Å². The molecule has 0 aliphatic carbocycles. The Morgan fingerprint density at radius 1 is 1.16 bits per heavy atom. The maximum Gasteiger partial charge on any atom is 0.534 e. The highest BCUT2D eigenvalue weighted by Gasteiger charge is 2.44. The molecule has 3 aliphatic rings. The molecule has 0 spiro atoms. The highest BCUT2D eigenvalue weighted by Crippen LogP contribution is 2.29. The maximum absolute atomic E-state index is 11.5. The van der Waals surface area contributed by atoms with Gasteiger partial charge in [-0.25, -0.2) is 4.79 Å². The third kappa shape index (κ3) is 2.28. The predicted octanol–water partition coefficient (Wildman–Crippen LogP) is -0.383. The summed E-state index contributed by atoms with van der Waals surface area (Å²) in [5, 5.41) is 0.459. The Kier molecular flexibility index (Phi) is 3.11. The Hall–Kier alpha value is -1.67. The second-order valence-corrected chi connectivity index (χ2v) is 4.65. The van der Waals surface area contributed by atoms with Gasteiger partial charge in [0.25, 0.3) is 11.8 Å². The molecule has 3 heterocycles. The fourth-order valence-electron chi connectivity index (χ4n) is 2.41. The molecule has 8 nitrogen and oxygen atoms in total. The molecule has 0 radical (unpaired) electrons. The Bertz CT molecular complexity index is 407. The van der Waals surface area contributed by atoms with Gasteiger partial charge in [0.15, 0.2) is 0 Å². The average molecular weight is 271 g/mol. The normalized spacial score (nSPS) is 33.7. The maximum atomic E-state index is 11.5. The first-order valence-electron chi connectivity index (χ1n) is 6.09. The number of carbonyl (C=O) groups excluding carboxylic acids is 3. The van der Waals surface area contributed by atoms with Gasteiger partial charge in [-0.05, 0) is 0 Å². The Labute approximate surface area is 108 Å². The van der Waals surface area contributed by atoms with Crippen molar-refractivity contribution in [1.82, 2.24) is 5.06 Å². The van der Waals surface area contributed by atoms with E-state index in [4.69, 9.17) is 14.2 Å². The van der Waals surface area contributed by atoms with Gasteiger partial charge in [0.05, 0.1) is 31.8 Å². The minimum atomic E-state index is -1.07. The van der Waals surface area contributed by atoms with E-state index in [9.17, 15) is 14.4 Å². The molecular formula is C11H13NO7. The summed E-state index contributed by atoms with van der Waals surface area (Å²) < 4.78 is 15.7. The summed E-state index contributed by atoms with van der Waals surface area (Å²) in [4.78, 5) is 38.7. The molecule has 0 aromatic heterocycles. The van der Waals surface area contributed by atoms with E-state index < -0.39 is 24.1 Å². The molecule has 2 amide bonds. The van der Waals surface area contributed by atoms with E-state index in [1.54, 1.807) is 0 Å². The summed E-state index contributed by atoms with van der Waals surface area (Å²) in [5.41, 5.74) is 0. The zero-order valence-electron chi connectivity index (χ0n) is 10.1. The van der Waals surface area contributed by atoms with Crippen LogP contribution in [-0.4, -0.2) is 55.1 Å². The molecule has 3 aliphatic heterocycles. The van der Waals surface area contributed by atoms with Gasteiger partial charge < -0.3 is 14.2 Å². The van der Waals surface area contributed by atoms with Gasteiger partial charge >= 0.3 is 6.16 Å². The van der Waals surface area contributed by atoms with Crippen LogP contribution in [0.4, 0.5) is 4.79 Å². The van der Waals surface area contributed by atoms with Crippen molar-refractivity contribution >= 4 is 18.0 Å². The van der Waals surface area contributed by atoms with E-state index in [-0.39, 0.29) is 31.5 Å². The topological polar surface area (TPSA) is 91.4 Å². The first-order valence-corrected chi connectivity index (χ1v) is 6.09. The van der Waals surface area contributed by atoms with Gasteiger partial charge in [0.2, 0.25) is 0 Å². The van der Waals surface area contributed by atoms with Crippen molar-refractivity contribution in [1.29, 1.82) is 0 Å². The van der Waals surface area contributed by atoms with Crippen molar-refractivity contribution in [2.24, 2.45) is 5.92 Å². The van der Waals surface area contributed by atoms with Crippen molar-refractivity contribution in [3.63, 3.8) is 0 Å². The predicted molar refractivity (Wildman–Crippen MR) is 56.5 cm³/mol. The average Bonchev–Trinajstić information content (AvgIpc) is 3.03. The lowest BCUT2D eigenvalue weighted by atomic mass is 10.0. The van der Waals surface area contributed by atoms with Crippen LogP contribution in [0, 0.1) is 5.92 Å². The third-order valence-corrected chi connectivity index (χ3v) is 3.44. The summed E-state index contributed by atoms with van der Waals surface area (Å²) >= 11 is 0. The van der Waals surface area contributed by atoms with Crippen molar-refractivity contribution < 1.29 is 33.4 Å². The van der Waals surface area contributed by atoms with E-state index in [1.807, 2.05) is 0 Å². The molecule has 0 bridgehead atoms. The zero-order chi connectivity index (χ0) is 13.4. The smallest absolute Gasteiger partial charge is 0.426 e. The number of rotatable bonds is 2. The van der Waals surface area contributed by atoms with E-state index in [0.717, 1.165) is 0 Å². The largest absolute Gasteiger partial charge is 0.534 e.